The highest BCUT2D eigenvalue weighted by Crippen LogP contribution is 2.30. The van der Waals surface area contributed by atoms with E-state index >= 15 is 0 Å². The average Bonchev–Trinajstić information content (AvgIpc) is 2.83. The van der Waals surface area contributed by atoms with Gasteiger partial charge in [-0.3, -0.25) is 0 Å². The van der Waals surface area contributed by atoms with Gasteiger partial charge in [-0.05, 0) is 64.7 Å². The number of hydrogen-bond acceptors (Lipinski definition) is 4. The van der Waals surface area contributed by atoms with Gasteiger partial charge in [-0.2, -0.15) is 0 Å². The van der Waals surface area contributed by atoms with Gasteiger partial charge in [0.1, 0.15) is 16.9 Å². The summed E-state index contributed by atoms with van der Waals surface area (Å²) in [6.07, 6.45) is 1.54. The number of hydrogen-bond donors (Lipinski definition) is 0. The first-order chi connectivity index (χ1) is 8.74. The summed E-state index contributed by atoms with van der Waals surface area (Å²) < 4.78 is 7.06. The van der Waals surface area contributed by atoms with E-state index < -0.39 is 0 Å². The van der Waals surface area contributed by atoms with Crippen molar-refractivity contribution >= 4 is 44.1 Å². The SMILES string of the molecule is Cc1cc(Oc2ncnc3sccc23)ccc1I. The summed E-state index contributed by atoms with van der Waals surface area (Å²) in [7, 11) is 0. The quantitative estimate of drug-likeness (QED) is 0.629. The number of rotatable bonds is 2. The Bertz CT molecular complexity index is 711. The monoisotopic (exact) mass is 368 g/mol. The predicted octanol–water partition coefficient (Wildman–Crippen LogP) is 4.40. The number of fused-ring (bicyclic) bond motifs is 1. The highest BCUT2D eigenvalue weighted by molar-refractivity contribution is 14.1. The molecule has 3 aromatic rings. The van der Waals surface area contributed by atoms with Gasteiger partial charge < -0.3 is 4.74 Å². The molecule has 18 heavy (non-hydrogen) atoms. The Labute approximate surface area is 122 Å². The molecule has 0 aliphatic rings. The van der Waals surface area contributed by atoms with Crippen molar-refractivity contribution in [1.82, 2.24) is 9.97 Å². The molecule has 2 aromatic heterocycles. The van der Waals surface area contributed by atoms with Crippen molar-refractivity contribution in [3.8, 4) is 11.6 Å². The molecule has 0 saturated heterocycles. The second kappa shape index (κ2) is 4.81. The Hall–Kier alpha value is -1.21. The van der Waals surface area contributed by atoms with Crippen molar-refractivity contribution in [3.05, 3.63) is 45.1 Å². The molecule has 0 fully saturated rings. The number of halogens is 1. The zero-order chi connectivity index (χ0) is 12.5. The van der Waals surface area contributed by atoms with Crippen LogP contribution in [0, 0.1) is 10.5 Å². The van der Waals surface area contributed by atoms with Crippen molar-refractivity contribution in [1.29, 1.82) is 0 Å². The lowest BCUT2D eigenvalue weighted by Crippen LogP contribution is -1.90. The summed E-state index contributed by atoms with van der Waals surface area (Å²) in [6.45, 7) is 2.06. The maximum Gasteiger partial charge on any atom is 0.231 e. The fourth-order valence-electron chi connectivity index (χ4n) is 1.64. The lowest BCUT2D eigenvalue weighted by molar-refractivity contribution is 0.468. The Morgan fingerprint density at radius 3 is 2.94 bits per heavy atom. The van der Waals surface area contributed by atoms with Crippen LogP contribution in [0.5, 0.6) is 11.6 Å². The van der Waals surface area contributed by atoms with Gasteiger partial charge in [0.15, 0.2) is 0 Å². The van der Waals surface area contributed by atoms with E-state index in [9.17, 15) is 0 Å². The molecule has 3 rings (SSSR count). The summed E-state index contributed by atoms with van der Waals surface area (Å²) in [5.41, 5.74) is 1.20. The molecule has 0 aliphatic heterocycles. The predicted molar refractivity (Wildman–Crippen MR) is 81.4 cm³/mol. The van der Waals surface area contributed by atoms with E-state index in [2.05, 4.69) is 39.5 Å². The van der Waals surface area contributed by atoms with Crippen molar-refractivity contribution in [3.63, 3.8) is 0 Å². The van der Waals surface area contributed by atoms with E-state index in [0.29, 0.717) is 5.88 Å². The summed E-state index contributed by atoms with van der Waals surface area (Å²) in [5.74, 6) is 1.42. The van der Waals surface area contributed by atoms with Gasteiger partial charge in [0.25, 0.3) is 0 Å². The molecule has 0 aliphatic carbocycles. The average molecular weight is 368 g/mol. The molecule has 0 bridgehead atoms. The minimum atomic E-state index is 0.613. The van der Waals surface area contributed by atoms with Crippen LogP contribution in [0.15, 0.2) is 36.0 Å². The topological polar surface area (TPSA) is 35.0 Å². The summed E-state index contributed by atoms with van der Waals surface area (Å²) in [4.78, 5) is 9.35. The third kappa shape index (κ3) is 2.20. The van der Waals surface area contributed by atoms with Crippen LogP contribution < -0.4 is 4.74 Å². The summed E-state index contributed by atoms with van der Waals surface area (Å²) in [5, 5.41) is 2.95. The molecular weight excluding hydrogens is 359 g/mol. The van der Waals surface area contributed by atoms with Crippen LogP contribution in [-0.4, -0.2) is 9.97 Å². The van der Waals surface area contributed by atoms with Crippen molar-refractivity contribution in [2.45, 2.75) is 6.92 Å². The van der Waals surface area contributed by atoms with Crippen molar-refractivity contribution in [2.75, 3.05) is 0 Å². The minimum Gasteiger partial charge on any atom is -0.438 e. The molecule has 0 spiro atoms. The molecule has 0 atom stereocenters. The van der Waals surface area contributed by atoms with Gasteiger partial charge in [0.2, 0.25) is 5.88 Å². The van der Waals surface area contributed by atoms with E-state index in [1.165, 1.54) is 15.5 Å². The molecule has 0 radical (unpaired) electrons. The van der Waals surface area contributed by atoms with Crippen molar-refractivity contribution < 1.29 is 4.74 Å². The molecule has 0 amide bonds. The van der Waals surface area contributed by atoms with Gasteiger partial charge >= 0.3 is 0 Å². The second-order valence-electron chi connectivity index (χ2n) is 3.83. The summed E-state index contributed by atoms with van der Waals surface area (Å²) >= 11 is 3.89. The van der Waals surface area contributed by atoms with Gasteiger partial charge in [0.05, 0.1) is 5.39 Å². The zero-order valence-corrected chi connectivity index (χ0v) is 12.5. The fraction of sp³-hybridized carbons (Fsp3) is 0.0769. The van der Waals surface area contributed by atoms with E-state index in [-0.39, 0.29) is 0 Å². The maximum atomic E-state index is 5.84. The van der Waals surface area contributed by atoms with E-state index in [1.807, 2.05) is 29.6 Å². The van der Waals surface area contributed by atoms with Crippen LogP contribution in [0.4, 0.5) is 0 Å². The zero-order valence-electron chi connectivity index (χ0n) is 9.55. The van der Waals surface area contributed by atoms with Gasteiger partial charge in [-0.1, -0.05) is 0 Å². The molecule has 3 nitrogen and oxygen atoms in total. The van der Waals surface area contributed by atoms with E-state index in [0.717, 1.165) is 16.0 Å². The highest BCUT2D eigenvalue weighted by atomic mass is 127. The largest absolute Gasteiger partial charge is 0.438 e. The summed E-state index contributed by atoms with van der Waals surface area (Å²) in [6, 6.07) is 7.99. The van der Waals surface area contributed by atoms with Gasteiger partial charge in [0, 0.05) is 3.57 Å². The first-order valence-corrected chi connectivity index (χ1v) is 7.32. The highest BCUT2D eigenvalue weighted by Gasteiger charge is 2.07. The molecule has 0 saturated carbocycles. The number of nitrogens with zero attached hydrogens (tertiary/aromatic N) is 2. The van der Waals surface area contributed by atoms with Gasteiger partial charge in [-0.25, -0.2) is 9.97 Å². The molecular formula is C13H9IN2OS. The van der Waals surface area contributed by atoms with Crippen LogP contribution in [-0.2, 0) is 0 Å². The number of aromatic nitrogens is 2. The van der Waals surface area contributed by atoms with E-state index in [4.69, 9.17) is 4.74 Å². The Kier molecular flexibility index (Phi) is 3.17. The lowest BCUT2D eigenvalue weighted by Gasteiger charge is -2.07. The standard InChI is InChI=1S/C13H9IN2OS/c1-8-6-9(2-3-11(8)14)17-12-10-4-5-18-13(10)16-7-15-12/h2-7H,1H3. The fourth-order valence-corrected chi connectivity index (χ4v) is 2.70. The first kappa shape index (κ1) is 11.9. The number of thiophene rings is 1. The molecule has 5 heteroatoms. The number of benzene rings is 1. The molecule has 0 N–H and O–H groups in total. The third-order valence-corrected chi connectivity index (χ3v) is 4.60. The smallest absolute Gasteiger partial charge is 0.231 e. The first-order valence-electron chi connectivity index (χ1n) is 5.36. The lowest BCUT2D eigenvalue weighted by atomic mass is 10.2. The Morgan fingerprint density at radius 2 is 2.11 bits per heavy atom. The second-order valence-corrected chi connectivity index (χ2v) is 5.89. The number of ether oxygens (including phenoxy) is 1. The molecule has 2 heterocycles. The molecule has 90 valence electrons. The van der Waals surface area contributed by atoms with Crippen LogP contribution in [0.3, 0.4) is 0 Å². The number of aryl methyl sites for hydroxylation is 1. The normalized spacial score (nSPS) is 10.8. The van der Waals surface area contributed by atoms with E-state index in [1.54, 1.807) is 11.3 Å². The van der Waals surface area contributed by atoms with Crippen LogP contribution in [0.1, 0.15) is 5.56 Å². The van der Waals surface area contributed by atoms with Crippen molar-refractivity contribution in [2.24, 2.45) is 0 Å². The molecule has 0 unspecified atom stereocenters. The van der Waals surface area contributed by atoms with Crippen LogP contribution >= 0.6 is 33.9 Å². The maximum absolute atomic E-state index is 5.84. The van der Waals surface area contributed by atoms with Crippen LogP contribution in [0.2, 0.25) is 0 Å². The molecule has 1 aromatic carbocycles. The Balaban J connectivity index is 2.01. The van der Waals surface area contributed by atoms with Gasteiger partial charge in [-0.15, -0.1) is 11.3 Å². The van der Waals surface area contributed by atoms with Crippen LogP contribution in [0.25, 0.3) is 10.2 Å². The minimum absolute atomic E-state index is 0.613. The third-order valence-electron chi connectivity index (χ3n) is 2.57. The Morgan fingerprint density at radius 1 is 1.22 bits per heavy atom.